The summed E-state index contributed by atoms with van der Waals surface area (Å²) in [6.45, 7) is 1.92. The second-order valence-corrected chi connectivity index (χ2v) is 7.32. The van der Waals surface area contributed by atoms with Crippen LogP contribution in [0.25, 0.3) is 21.7 Å². The lowest BCUT2D eigenvalue weighted by Crippen LogP contribution is -2.22. The Morgan fingerprint density at radius 1 is 1.20 bits per heavy atom. The molecule has 0 fully saturated rings. The Bertz CT molecular complexity index is 1200. The third kappa shape index (κ3) is 1.87. The lowest BCUT2D eigenvalue weighted by Gasteiger charge is -2.12. The number of hydrogen-bond donors (Lipinski definition) is 0. The summed E-state index contributed by atoms with van der Waals surface area (Å²) in [5.41, 5.74) is 1.84. The number of rotatable bonds is 2. The molecule has 4 aromatic rings. The van der Waals surface area contributed by atoms with Crippen molar-refractivity contribution in [1.29, 1.82) is 0 Å². The first-order valence-electron chi connectivity index (χ1n) is 8.25. The van der Waals surface area contributed by atoms with Gasteiger partial charge in [0.2, 0.25) is 5.78 Å². The van der Waals surface area contributed by atoms with E-state index in [9.17, 15) is 4.79 Å². The molecule has 0 radical (unpaired) electrons. The highest BCUT2D eigenvalue weighted by Gasteiger charge is 2.26. The Hall–Kier alpha value is -2.67. The molecule has 0 N–H and O–H groups in total. The monoisotopic (exact) mass is 352 g/mol. The van der Waals surface area contributed by atoms with Crippen molar-refractivity contribution < 1.29 is 4.74 Å². The molecule has 1 aliphatic rings. The van der Waals surface area contributed by atoms with E-state index in [0.717, 1.165) is 35.3 Å². The first-order chi connectivity index (χ1) is 12.2. The molecule has 5 rings (SSSR count). The van der Waals surface area contributed by atoms with E-state index in [2.05, 4.69) is 10.2 Å². The molecular formula is C18H16N4O2S. The van der Waals surface area contributed by atoms with Gasteiger partial charge in [-0.05, 0) is 43.9 Å². The van der Waals surface area contributed by atoms with Crippen LogP contribution in [-0.4, -0.2) is 26.3 Å². The SMILES string of the molecule is COc1ccccc1-n1c(=O)c2c3c(sc2n2c(C)nnc12)CCC3. The van der Waals surface area contributed by atoms with E-state index in [-0.39, 0.29) is 5.56 Å². The van der Waals surface area contributed by atoms with Crippen LogP contribution < -0.4 is 10.3 Å². The highest BCUT2D eigenvalue weighted by atomic mass is 32.1. The molecule has 0 spiro atoms. The smallest absolute Gasteiger partial charge is 0.268 e. The summed E-state index contributed by atoms with van der Waals surface area (Å²) in [6, 6.07) is 7.51. The van der Waals surface area contributed by atoms with Crippen LogP contribution in [0.4, 0.5) is 0 Å². The number of nitrogens with zero attached hydrogens (tertiary/aromatic N) is 4. The molecule has 1 aromatic carbocycles. The minimum absolute atomic E-state index is 0.0428. The molecule has 0 saturated heterocycles. The highest BCUT2D eigenvalue weighted by molar-refractivity contribution is 7.19. The molecule has 6 nitrogen and oxygen atoms in total. The number of thiophene rings is 1. The van der Waals surface area contributed by atoms with Crippen LogP contribution in [0.3, 0.4) is 0 Å². The van der Waals surface area contributed by atoms with Gasteiger partial charge in [0, 0.05) is 4.88 Å². The van der Waals surface area contributed by atoms with Crippen molar-refractivity contribution >= 4 is 27.3 Å². The molecular weight excluding hydrogens is 336 g/mol. The van der Waals surface area contributed by atoms with E-state index < -0.39 is 0 Å². The zero-order valence-corrected chi connectivity index (χ0v) is 14.8. The lowest BCUT2D eigenvalue weighted by molar-refractivity contribution is 0.413. The van der Waals surface area contributed by atoms with Crippen LogP contribution in [0, 0.1) is 6.92 Å². The lowest BCUT2D eigenvalue weighted by atomic mass is 10.2. The van der Waals surface area contributed by atoms with Gasteiger partial charge in [0.25, 0.3) is 5.56 Å². The van der Waals surface area contributed by atoms with Gasteiger partial charge in [0.15, 0.2) is 0 Å². The number of ether oxygens (including phenoxy) is 1. The number of aryl methyl sites for hydroxylation is 3. The molecule has 1 aliphatic carbocycles. The van der Waals surface area contributed by atoms with Gasteiger partial charge in [-0.15, -0.1) is 21.5 Å². The molecule has 3 aromatic heterocycles. The van der Waals surface area contributed by atoms with Gasteiger partial charge < -0.3 is 4.74 Å². The minimum Gasteiger partial charge on any atom is -0.495 e. The number of benzene rings is 1. The highest BCUT2D eigenvalue weighted by Crippen LogP contribution is 2.37. The second kappa shape index (κ2) is 5.16. The Labute approximate surface area is 147 Å². The number of fused-ring (bicyclic) bond motifs is 5. The van der Waals surface area contributed by atoms with Crippen molar-refractivity contribution in [2.45, 2.75) is 26.2 Å². The minimum atomic E-state index is -0.0428. The summed E-state index contributed by atoms with van der Waals surface area (Å²) < 4.78 is 9.11. The van der Waals surface area contributed by atoms with E-state index in [1.807, 2.05) is 35.6 Å². The number of aromatic nitrogens is 4. The first-order valence-corrected chi connectivity index (χ1v) is 9.06. The fraction of sp³-hybridized carbons (Fsp3) is 0.278. The Morgan fingerprint density at radius 3 is 2.88 bits per heavy atom. The summed E-state index contributed by atoms with van der Waals surface area (Å²) in [6.07, 6.45) is 3.12. The third-order valence-electron chi connectivity index (χ3n) is 4.86. The van der Waals surface area contributed by atoms with Crippen molar-refractivity contribution in [3.05, 3.63) is 50.9 Å². The van der Waals surface area contributed by atoms with Gasteiger partial charge in [-0.2, -0.15) is 0 Å². The molecule has 0 atom stereocenters. The summed E-state index contributed by atoms with van der Waals surface area (Å²) in [5.74, 6) is 1.95. The van der Waals surface area contributed by atoms with Gasteiger partial charge in [-0.3, -0.25) is 9.20 Å². The van der Waals surface area contributed by atoms with Crippen LogP contribution in [0.5, 0.6) is 5.75 Å². The van der Waals surface area contributed by atoms with E-state index in [0.29, 0.717) is 17.2 Å². The zero-order valence-electron chi connectivity index (χ0n) is 13.9. The fourth-order valence-corrected chi connectivity index (χ4v) is 5.16. The third-order valence-corrected chi connectivity index (χ3v) is 6.13. The molecule has 25 heavy (non-hydrogen) atoms. The standard InChI is InChI=1S/C18H16N4O2S/c1-10-19-20-18-21(10)17-15(11-6-5-9-14(11)25-17)16(23)22(18)12-7-3-4-8-13(12)24-2/h3-4,7-8H,5-6,9H2,1-2H3. The van der Waals surface area contributed by atoms with Gasteiger partial charge in [-0.1, -0.05) is 12.1 Å². The maximum absolute atomic E-state index is 13.5. The summed E-state index contributed by atoms with van der Waals surface area (Å²) in [7, 11) is 1.61. The van der Waals surface area contributed by atoms with E-state index in [1.54, 1.807) is 23.0 Å². The Balaban J connectivity index is 2.02. The van der Waals surface area contributed by atoms with E-state index in [1.165, 1.54) is 10.4 Å². The molecule has 0 amide bonds. The van der Waals surface area contributed by atoms with Crippen LogP contribution in [0.1, 0.15) is 22.7 Å². The predicted molar refractivity (Wildman–Crippen MR) is 97.3 cm³/mol. The number of methoxy groups -OCH3 is 1. The van der Waals surface area contributed by atoms with Gasteiger partial charge in [0.1, 0.15) is 16.4 Å². The van der Waals surface area contributed by atoms with Crippen molar-refractivity contribution in [2.75, 3.05) is 7.11 Å². The van der Waals surface area contributed by atoms with Crippen molar-refractivity contribution in [1.82, 2.24) is 19.2 Å². The Kier molecular flexibility index (Phi) is 3.03. The zero-order chi connectivity index (χ0) is 17.1. The maximum atomic E-state index is 13.5. The van der Waals surface area contributed by atoms with Crippen LogP contribution >= 0.6 is 11.3 Å². The molecule has 0 bridgehead atoms. The summed E-state index contributed by atoms with van der Waals surface area (Å²) in [5, 5.41) is 9.33. The van der Waals surface area contributed by atoms with Gasteiger partial charge in [0.05, 0.1) is 18.2 Å². The first kappa shape index (κ1) is 14.7. The maximum Gasteiger partial charge on any atom is 0.268 e. The molecule has 0 saturated carbocycles. The largest absolute Gasteiger partial charge is 0.495 e. The molecule has 0 unspecified atom stereocenters. The van der Waals surface area contributed by atoms with Crippen LogP contribution in [0.15, 0.2) is 29.1 Å². The predicted octanol–water partition coefficient (Wildman–Crippen LogP) is 2.90. The summed E-state index contributed by atoms with van der Waals surface area (Å²) in [4.78, 5) is 15.7. The average molecular weight is 352 g/mol. The van der Waals surface area contributed by atoms with E-state index in [4.69, 9.17) is 4.74 Å². The fourth-order valence-electron chi connectivity index (χ4n) is 3.74. The Morgan fingerprint density at radius 2 is 2.04 bits per heavy atom. The second-order valence-electron chi connectivity index (χ2n) is 6.23. The topological polar surface area (TPSA) is 61.4 Å². The number of para-hydroxylation sites is 2. The quantitative estimate of drug-likeness (QED) is 0.556. The summed E-state index contributed by atoms with van der Waals surface area (Å²) >= 11 is 1.70. The molecule has 126 valence electrons. The van der Waals surface area contributed by atoms with Crippen LogP contribution in [0.2, 0.25) is 0 Å². The van der Waals surface area contributed by atoms with Gasteiger partial charge in [-0.25, -0.2) is 4.57 Å². The normalized spacial score (nSPS) is 13.7. The van der Waals surface area contributed by atoms with Crippen molar-refractivity contribution in [3.63, 3.8) is 0 Å². The van der Waals surface area contributed by atoms with Crippen molar-refractivity contribution in [2.24, 2.45) is 0 Å². The van der Waals surface area contributed by atoms with Crippen LogP contribution in [-0.2, 0) is 12.8 Å². The van der Waals surface area contributed by atoms with E-state index >= 15 is 0 Å². The molecule has 7 heteroatoms. The molecule has 3 heterocycles. The average Bonchev–Trinajstić information content (AvgIpc) is 3.29. The van der Waals surface area contributed by atoms with Gasteiger partial charge >= 0.3 is 0 Å². The molecule has 0 aliphatic heterocycles. The van der Waals surface area contributed by atoms with Crippen molar-refractivity contribution in [3.8, 4) is 11.4 Å². The number of hydrogen-bond acceptors (Lipinski definition) is 5.